The van der Waals surface area contributed by atoms with Crippen molar-refractivity contribution in [3.8, 4) is 5.75 Å². The van der Waals surface area contributed by atoms with Gasteiger partial charge in [-0.05, 0) is 55.7 Å². The normalized spacial score (nSPS) is 19.2. The number of rotatable bonds is 6. The van der Waals surface area contributed by atoms with E-state index in [1.807, 2.05) is 12.1 Å². The van der Waals surface area contributed by atoms with Gasteiger partial charge < -0.3 is 10.4 Å². The third-order valence-corrected chi connectivity index (χ3v) is 4.47. The van der Waals surface area contributed by atoms with E-state index >= 15 is 0 Å². The Morgan fingerprint density at radius 3 is 2.44 bits per heavy atom. The van der Waals surface area contributed by atoms with Crippen LogP contribution in [0.5, 0.6) is 5.75 Å². The molecular formula is C16H25NO. The zero-order valence-corrected chi connectivity index (χ0v) is 11.6. The Balaban J connectivity index is 1.78. The summed E-state index contributed by atoms with van der Waals surface area (Å²) in [6.07, 6.45) is 6.51. The minimum absolute atomic E-state index is 0.346. The van der Waals surface area contributed by atoms with Crippen molar-refractivity contribution in [3.63, 3.8) is 0 Å². The molecule has 0 amide bonds. The molecule has 2 rings (SSSR count). The number of nitrogens with one attached hydrogen (secondary N) is 1. The maximum Gasteiger partial charge on any atom is 0.115 e. The quantitative estimate of drug-likeness (QED) is 0.806. The summed E-state index contributed by atoms with van der Waals surface area (Å²) in [4.78, 5) is 0. The zero-order chi connectivity index (χ0) is 13.0. The molecule has 2 nitrogen and oxygen atoms in total. The van der Waals surface area contributed by atoms with Gasteiger partial charge in [-0.3, -0.25) is 0 Å². The molecule has 1 aliphatic rings. The summed E-state index contributed by atoms with van der Waals surface area (Å²) in [5.41, 5.74) is 1.87. The fourth-order valence-electron chi connectivity index (χ4n) is 2.78. The second kappa shape index (κ2) is 5.75. The summed E-state index contributed by atoms with van der Waals surface area (Å²) < 4.78 is 0. The predicted molar refractivity (Wildman–Crippen MR) is 75.9 cm³/mol. The van der Waals surface area contributed by atoms with Gasteiger partial charge in [-0.15, -0.1) is 0 Å². The van der Waals surface area contributed by atoms with Gasteiger partial charge in [0.05, 0.1) is 0 Å². The zero-order valence-electron chi connectivity index (χ0n) is 11.6. The molecule has 0 heterocycles. The number of phenols is 1. The van der Waals surface area contributed by atoms with Crippen LogP contribution in [0, 0.1) is 5.41 Å². The van der Waals surface area contributed by atoms with E-state index < -0.39 is 0 Å². The van der Waals surface area contributed by atoms with Crippen molar-refractivity contribution in [3.05, 3.63) is 29.8 Å². The highest BCUT2D eigenvalue weighted by atomic mass is 16.3. The number of hydrogen-bond acceptors (Lipinski definition) is 2. The van der Waals surface area contributed by atoms with E-state index in [0.717, 1.165) is 13.0 Å². The Kier molecular flexibility index (Phi) is 4.28. The fraction of sp³-hybridized carbons (Fsp3) is 0.625. The van der Waals surface area contributed by atoms with Gasteiger partial charge in [-0.2, -0.15) is 0 Å². The Morgan fingerprint density at radius 2 is 1.94 bits per heavy atom. The molecule has 0 aromatic heterocycles. The first-order valence-corrected chi connectivity index (χ1v) is 7.15. The fourth-order valence-corrected chi connectivity index (χ4v) is 2.78. The van der Waals surface area contributed by atoms with Crippen LogP contribution in [0.2, 0.25) is 0 Å². The van der Waals surface area contributed by atoms with Gasteiger partial charge in [-0.25, -0.2) is 0 Å². The van der Waals surface area contributed by atoms with E-state index in [0.29, 0.717) is 17.2 Å². The highest BCUT2D eigenvalue weighted by Gasteiger charge is 2.34. The summed E-state index contributed by atoms with van der Waals surface area (Å²) >= 11 is 0. The van der Waals surface area contributed by atoms with Gasteiger partial charge in [0.15, 0.2) is 0 Å². The monoisotopic (exact) mass is 247 g/mol. The van der Waals surface area contributed by atoms with Gasteiger partial charge in [0.25, 0.3) is 0 Å². The number of aromatic hydroxyl groups is 1. The highest BCUT2D eigenvalue weighted by Crippen LogP contribution is 2.43. The van der Waals surface area contributed by atoms with Crippen LogP contribution in [0.15, 0.2) is 24.3 Å². The lowest BCUT2D eigenvalue weighted by Crippen LogP contribution is -2.43. The molecule has 2 heteroatoms. The van der Waals surface area contributed by atoms with Crippen molar-refractivity contribution in [2.45, 2.75) is 52.0 Å². The predicted octanol–water partition coefficient (Wildman–Crippen LogP) is 3.49. The molecule has 1 aliphatic carbocycles. The smallest absolute Gasteiger partial charge is 0.115 e. The van der Waals surface area contributed by atoms with Gasteiger partial charge in [0.2, 0.25) is 0 Å². The SMILES string of the molecule is CCC1(CNC(C)Cc2ccc(O)cc2)CCC1. The average molecular weight is 247 g/mol. The van der Waals surface area contributed by atoms with Crippen LogP contribution >= 0.6 is 0 Å². The van der Waals surface area contributed by atoms with Gasteiger partial charge >= 0.3 is 0 Å². The van der Waals surface area contributed by atoms with E-state index in [9.17, 15) is 5.11 Å². The second-order valence-corrected chi connectivity index (χ2v) is 5.86. The average Bonchev–Trinajstić information content (AvgIpc) is 2.31. The van der Waals surface area contributed by atoms with Gasteiger partial charge in [-0.1, -0.05) is 25.5 Å². The van der Waals surface area contributed by atoms with Crippen LogP contribution < -0.4 is 5.32 Å². The topological polar surface area (TPSA) is 32.3 Å². The summed E-state index contributed by atoms with van der Waals surface area (Å²) in [5, 5.41) is 12.9. The van der Waals surface area contributed by atoms with Crippen molar-refractivity contribution in [2.75, 3.05) is 6.54 Å². The summed E-state index contributed by atoms with van der Waals surface area (Å²) in [6, 6.07) is 8.04. The van der Waals surface area contributed by atoms with Crippen LogP contribution in [0.3, 0.4) is 0 Å². The van der Waals surface area contributed by atoms with Crippen molar-refractivity contribution in [2.24, 2.45) is 5.41 Å². The Morgan fingerprint density at radius 1 is 1.28 bits per heavy atom. The molecule has 0 spiro atoms. The third kappa shape index (κ3) is 3.26. The molecule has 0 saturated heterocycles. The van der Waals surface area contributed by atoms with Crippen LogP contribution in [0.4, 0.5) is 0 Å². The van der Waals surface area contributed by atoms with Crippen LogP contribution in [0.1, 0.15) is 45.1 Å². The minimum Gasteiger partial charge on any atom is -0.508 e. The lowest BCUT2D eigenvalue weighted by molar-refractivity contribution is 0.120. The molecule has 2 N–H and O–H groups in total. The Labute approximate surface area is 110 Å². The lowest BCUT2D eigenvalue weighted by Gasteiger charge is -2.42. The minimum atomic E-state index is 0.346. The van der Waals surface area contributed by atoms with E-state index in [1.54, 1.807) is 12.1 Å². The van der Waals surface area contributed by atoms with E-state index in [-0.39, 0.29) is 0 Å². The van der Waals surface area contributed by atoms with E-state index in [2.05, 4.69) is 19.2 Å². The van der Waals surface area contributed by atoms with Crippen molar-refractivity contribution in [1.82, 2.24) is 5.32 Å². The molecule has 1 unspecified atom stereocenters. The first kappa shape index (κ1) is 13.4. The van der Waals surface area contributed by atoms with Gasteiger partial charge in [0.1, 0.15) is 5.75 Å². The van der Waals surface area contributed by atoms with Crippen molar-refractivity contribution >= 4 is 0 Å². The molecular weight excluding hydrogens is 222 g/mol. The second-order valence-electron chi connectivity index (χ2n) is 5.86. The lowest BCUT2D eigenvalue weighted by atomic mass is 9.67. The summed E-state index contributed by atoms with van der Waals surface area (Å²) in [7, 11) is 0. The molecule has 0 radical (unpaired) electrons. The molecule has 1 fully saturated rings. The van der Waals surface area contributed by atoms with Crippen molar-refractivity contribution < 1.29 is 5.11 Å². The standard InChI is InChI=1S/C16H25NO/c1-3-16(9-4-10-16)12-17-13(2)11-14-5-7-15(18)8-6-14/h5-8,13,17-18H,3-4,9-12H2,1-2H3. The third-order valence-electron chi connectivity index (χ3n) is 4.47. The molecule has 1 aromatic rings. The molecule has 0 aliphatic heterocycles. The van der Waals surface area contributed by atoms with E-state index in [4.69, 9.17) is 0 Å². The van der Waals surface area contributed by atoms with E-state index in [1.165, 1.54) is 31.2 Å². The maximum atomic E-state index is 9.26. The summed E-state index contributed by atoms with van der Waals surface area (Å²) in [5.74, 6) is 0.346. The molecule has 1 aromatic carbocycles. The number of benzene rings is 1. The van der Waals surface area contributed by atoms with Crippen molar-refractivity contribution in [1.29, 1.82) is 0 Å². The first-order chi connectivity index (χ1) is 8.63. The molecule has 1 atom stereocenters. The highest BCUT2D eigenvalue weighted by molar-refractivity contribution is 5.26. The molecule has 1 saturated carbocycles. The Bertz CT molecular complexity index is 362. The van der Waals surface area contributed by atoms with Crippen LogP contribution in [0.25, 0.3) is 0 Å². The number of hydrogen-bond donors (Lipinski definition) is 2. The molecule has 100 valence electrons. The largest absolute Gasteiger partial charge is 0.508 e. The summed E-state index contributed by atoms with van der Waals surface area (Å²) in [6.45, 7) is 5.71. The maximum absolute atomic E-state index is 9.26. The Hall–Kier alpha value is -1.02. The van der Waals surface area contributed by atoms with Crippen LogP contribution in [-0.2, 0) is 6.42 Å². The molecule has 0 bridgehead atoms. The first-order valence-electron chi connectivity index (χ1n) is 7.15. The van der Waals surface area contributed by atoms with Gasteiger partial charge in [0, 0.05) is 12.6 Å². The molecule has 18 heavy (non-hydrogen) atoms. The van der Waals surface area contributed by atoms with Crippen LogP contribution in [-0.4, -0.2) is 17.7 Å². The number of phenolic OH excluding ortho intramolecular Hbond substituents is 1.